The zero-order valence-corrected chi connectivity index (χ0v) is 21.6. The van der Waals surface area contributed by atoms with Crippen molar-refractivity contribution in [2.45, 2.75) is 25.2 Å². The minimum absolute atomic E-state index is 0.00763. The molecule has 3 aromatic carbocycles. The van der Waals surface area contributed by atoms with Crippen LogP contribution in [0.5, 0.6) is 11.5 Å². The van der Waals surface area contributed by atoms with Crippen molar-refractivity contribution in [1.29, 1.82) is 5.41 Å². The van der Waals surface area contributed by atoms with Crippen LogP contribution >= 0.6 is 0 Å². The van der Waals surface area contributed by atoms with Crippen LogP contribution in [0, 0.1) is 5.41 Å². The number of fused-ring (bicyclic) bond motifs is 1. The number of phenols is 2. The molecule has 0 aliphatic carbocycles. The lowest BCUT2D eigenvalue weighted by Gasteiger charge is -2.19. The molecule has 0 aliphatic rings. The zero-order chi connectivity index (χ0) is 27.8. The number of carbonyl (C=O) groups is 1. The second-order valence-electron chi connectivity index (χ2n) is 8.74. The Labute approximate surface area is 219 Å². The average Bonchev–Trinajstić information content (AvgIpc) is 3.28. The summed E-state index contributed by atoms with van der Waals surface area (Å²) in [6.07, 6.45) is -0.00763. The Morgan fingerprint density at radius 3 is 2.34 bits per heavy atom. The van der Waals surface area contributed by atoms with Crippen LogP contribution in [-0.4, -0.2) is 58.3 Å². The van der Waals surface area contributed by atoms with Gasteiger partial charge in [0.2, 0.25) is 15.9 Å². The maximum Gasteiger partial charge on any atom is 0.238 e. The van der Waals surface area contributed by atoms with Gasteiger partial charge in [0, 0.05) is 29.8 Å². The van der Waals surface area contributed by atoms with E-state index in [1.54, 1.807) is 29.2 Å². The number of amides is 1. The summed E-state index contributed by atoms with van der Waals surface area (Å²) in [6.45, 7) is 4.78. The molecule has 1 heterocycles. The minimum atomic E-state index is -4.10. The number of nitrogen functional groups attached to an aromatic ring is 1. The monoisotopic (exact) mass is 536 g/mol. The number of nitrogens with one attached hydrogen (secondary N) is 2. The summed E-state index contributed by atoms with van der Waals surface area (Å²) in [6, 6.07) is 11.6. The Bertz CT molecular complexity index is 1680. The summed E-state index contributed by atoms with van der Waals surface area (Å²) in [4.78, 5) is 22.0. The first-order valence-electron chi connectivity index (χ1n) is 11.8. The first-order chi connectivity index (χ1) is 17.9. The Hall–Kier alpha value is -4.42. The third kappa shape index (κ3) is 5.17. The van der Waals surface area contributed by atoms with E-state index in [0.717, 1.165) is 12.1 Å². The van der Waals surface area contributed by atoms with Crippen LogP contribution in [0.3, 0.4) is 0 Å². The quantitative estimate of drug-likeness (QED) is 0.147. The number of aromatic nitrogens is 2. The normalized spacial score (nSPS) is 11.6. The Balaban J connectivity index is 1.94. The second-order valence-corrected chi connectivity index (χ2v) is 10.3. The van der Waals surface area contributed by atoms with Gasteiger partial charge in [0.25, 0.3) is 0 Å². The second kappa shape index (κ2) is 10.1. The largest absolute Gasteiger partial charge is 0.507 e. The smallest absolute Gasteiger partial charge is 0.238 e. The molecular weight excluding hydrogens is 508 g/mol. The lowest BCUT2D eigenvalue weighted by Crippen LogP contribution is -2.31. The van der Waals surface area contributed by atoms with Crippen LogP contribution in [0.4, 0.5) is 0 Å². The van der Waals surface area contributed by atoms with Crippen LogP contribution in [0.1, 0.15) is 25.0 Å². The highest BCUT2D eigenvalue weighted by Gasteiger charge is 2.22. The van der Waals surface area contributed by atoms with Gasteiger partial charge in [-0.05, 0) is 67.9 Å². The number of hydrogen-bond donors (Lipinski definition) is 6. The van der Waals surface area contributed by atoms with Gasteiger partial charge in [-0.3, -0.25) is 10.2 Å². The number of aromatic hydroxyl groups is 2. The molecule has 1 aromatic heterocycles. The molecule has 4 rings (SSSR count). The van der Waals surface area contributed by atoms with Gasteiger partial charge in [0.05, 0.1) is 27.9 Å². The molecular formula is C26H28N6O5S. The molecule has 12 heteroatoms. The zero-order valence-electron chi connectivity index (χ0n) is 20.8. The molecule has 4 aromatic rings. The lowest BCUT2D eigenvalue weighted by molar-refractivity contribution is -0.130. The summed E-state index contributed by atoms with van der Waals surface area (Å²) < 4.78 is 23.9. The molecule has 0 saturated heterocycles. The van der Waals surface area contributed by atoms with E-state index in [1.807, 2.05) is 13.8 Å². The van der Waals surface area contributed by atoms with Gasteiger partial charge < -0.3 is 25.8 Å². The standard InChI is InChI=1S/C26H28N6O5S/c1-3-32(4-2)23(34)11-14-9-18(17-13-16(38(29,36)37)6-8-22(17)33)24(35)19(10-14)26-30-20-7-5-15(25(27)28)12-21(20)31-26/h5-10,12-13,33,35H,3-4,11H2,1-2H3,(H3,27,28)(H,30,31)(H2,29,36,37). The number of nitrogens with two attached hydrogens (primary N) is 2. The van der Waals surface area contributed by atoms with Crippen LogP contribution in [0.15, 0.2) is 53.4 Å². The van der Waals surface area contributed by atoms with E-state index in [2.05, 4.69) is 9.97 Å². The molecule has 8 N–H and O–H groups in total. The SMILES string of the molecule is CCN(CC)C(=O)Cc1cc(-c2nc3ccc(C(=N)N)cc3[nH]2)c(O)c(-c2cc(S(N)(=O)=O)ccc2O)c1. The number of primary sulfonamides is 1. The Kier molecular flexibility index (Phi) is 7.11. The predicted molar refractivity (Wildman–Crippen MR) is 144 cm³/mol. The highest BCUT2D eigenvalue weighted by molar-refractivity contribution is 7.89. The number of nitrogens with zero attached hydrogens (tertiary/aromatic N) is 2. The number of H-pyrrole nitrogens is 1. The maximum atomic E-state index is 12.9. The van der Waals surface area contributed by atoms with Crippen LogP contribution in [-0.2, 0) is 21.2 Å². The van der Waals surface area contributed by atoms with E-state index < -0.39 is 10.0 Å². The number of amidine groups is 1. The average molecular weight is 537 g/mol. The molecule has 0 fully saturated rings. The van der Waals surface area contributed by atoms with Gasteiger partial charge in [-0.15, -0.1) is 0 Å². The summed E-state index contributed by atoms with van der Waals surface area (Å²) in [5, 5.41) is 34.9. The van der Waals surface area contributed by atoms with Crippen LogP contribution < -0.4 is 10.9 Å². The van der Waals surface area contributed by atoms with Crippen molar-refractivity contribution in [2.75, 3.05) is 13.1 Å². The molecule has 0 aliphatic heterocycles. The van der Waals surface area contributed by atoms with E-state index >= 15 is 0 Å². The van der Waals surface area contributed by atoms with Crippen molar-refractivity contribution in [2.24, 2.45) is 10.9 Å². The fourth-order valence-corrected chi connectivity index (χ4v) is 4.80. The van der Waals surface area contributed by atoms with Gasteiger partial charge in [-0.1, -0.05) is 0 Å². The minimum Gasteiger partial charge on any atom is -0.507 e. The van der Waals surface area contributed by atoms with E-state index in [-0.39, 0.29) is 57.1 Å². The highest BCUT2D eigenvalue weighted by atomic mass is 32.2. The van der Waals surface area contributed by atoms with E-state index in [1.165, 1.54) is 12.1 Å². The molecule has 0 bridgehead atoms. The van der Waals surface area contributed by atoms with Gasteiger partial charge in [0.1, 0.15) is 23.2 Å². The topological polar surface area (TPSA) is 199 Å². The lowest BCUT2D eigenvalue weighted by atomic mass is 9.95. The van der Waals surface area contributed by atoms with Crippen LogP contribution in [0.25, 0.3) is 33.5 Å². The number of rotatable bonds is 8. The number of aromatic amines is 1. The van der Waals surface area contributed by atoms with Crippen LogP contribution in [0.2, 0.25) is 0 Å². The number of carbonyl (C=O) groups excluding carboxylic acids is 1. The summed E-state index contributed by atoms with van der Waals surface area (Å²) in [7, 11) is -4.10. The molecule has 38 heavy (non-hydrogen) atoms. The molecule has 1 amide bonds. The number of sulfonamides is 1. The summed E-state index contributed by atoms with van der Waals surface area (Å²) in [5.74, 6) is -0.580. The number of phenolic OH excluding ortho intramolecular Hbond substituents is 2. The van der Waals surface area contributed by atoms with E-state index in [4.69, 9.17) is 16.3 Å². The Morgan fingerprint density at radius 2 is 1.71 bits per heavy atom. The van der Waals surface area contributed by atoms with Crippen molar-refractivity contribution in [3.63, 3.8) is 0 Å². The first kappa shape index (κ1) is 26.6. The highest BCUT2D eigenvalue weighted by Crippen LogP contribution is 2.42. The molecule has 0 saturated carbocycles. The van der Waals surface area contributed by atoms with Crippen molar-refractivity contribution in [1.82, 2.24) is 14.9 Å². The predicted octanol–water partition coefficient (Wildman–Crippen LogP) is 2.65. The molecule has 0 unspecified atom stereocenters. The molecule has 198 valence electrons. The number of benzene rings is 3. The third-order valence-corrected chi connectivity index (χ3v) is 7.19. The van der Waals surface area contributed by atoms with Crippen molar-refractivity contribution in [3.05, 3.63) is 59.7 Å². The fourth-order valence-electron chi connectivity index (χ4n) is 4.26. The van der Waals surface area contributed by atoms with E-state index in [0.29, 0.717) is 35.2 Å². The van der Waals surface area contributed by atoms with Gasteiger partial charge in [0.15, 0.2) is 0 Å². The van der Waals surface area contributed by atoms with Crippen molar-refractivity contribution < 1.29 is 23.4 Å². The molecule has 0 spiro atoms. The summed E-state index contributed by atoms with van der Waals surface area (Å²) in [5.41, 5.74) is 8.05. The van der Waals surface area contributed by atoms with Gasteiger partial charge in [-0.25, -0.2) is 18.5 Å². The first-order valence-corrected chi connectivity index (χ1v) is 13.3. The molecule has 0 radical (unpaired) electrons. The van der Waals surface area contributed by atoms with E-state index in [9.17, 15) is 23.4 Å². The number of likely N-dealkylation sites (N-methyl/N-ethyl adjacent to an activating group) is 1. The molecule has 11 nitrogen and oxygen atoms in total. The summed E-state index contributed by atoms with van der Waals surface area (Å²) >= 11 is 0. The van der Waals surface area contributed by atoms with Gasteiger partial charge >= 0.3 is 0 Å². The van der Waals surface area contributed by atoms with Crippen molar-refractivity contribution >= 4 is 32.8 Å². The maximum absolute atomic E-state index is 12.9. The third-order valence-electron chi connectivity index (χ3n) is 6.28. The molecule has 0 atom stereocenters. The fraction of sp³-hybridized carbons (Fsp3) is 0.192. The number of hydrogen-bond acceptors (Lipinski definition) is 7. The number of imidazole rings is 1. The Morgan fingerprint density at radius 1 is 1.03 bits per heavy atom. The van der Waals surface area contributed by atoms with Crippen molar-refractivity contribution in [3.8, 4) is 34.0 Å². The van der Waals surface area contributed by atoms with Gasteiger partial charge in [-0.2, -0.15) is 0 Å².